The molecule has 2 aromatic rings. The van der Waals surface area contributed by atoms with Gasteiger partial charge in [0.05, 0.1) is 4.90 Å². The van der Waals surface area contributed by atoms with E-state index in [0.717, 1.165) is 15.7 Å². The summed E-state index contributed by atoms with van der Waals surface area (Å²) >= 11 is 9.25. The number of halogens is 2. The Bertz CT molecular complexity index is 940. The van der Waals surface area contributed by atoms with E-state index in [9.17, 15) is 13.2 Å². The van der Waals surface area contributed by atoms with E-state index in [1.165, 1.54) is 4.31 Å². The smallest absolute Gasteiger partial charge is 0.243 e. The number of carbonyl (C=O) groups is 1. The molecule has 1 saturated heterocycles. The van der Waals surface area contributed by atoms with Crippen molar-refractivity contribution in [3.8, 4) is 0 Å². The van der Waals surface area contributed by atoms with E-state index in [1.807, 2.05) is 6.92 Å². The highest BCUT2D eigenvalue weighted by molar-refractivity contribution is 9.10. The van der Waals surface area contributed by atoms with Gasteiger partial charge in [-0.05, 0) is 67.8 Å². The van der Waals surface area contributed by atoms with Gasteiger partial charge in [-0.1, -0.05) is 27.5 Å². The lowest BCUT2D eigenvalue weighted by atomic mass is 9.97. The number of sulfonamides is 1. The predicted molar refractivity (Wildman–Crippen MR) is 110 cm³/mol. The number of nitrogens with one attached hydrogen (secondary N) is 1. The maximum Gasteiger partial charge on any atom is 0.243 e. The van der Waals surface area contributed by atoms with Crippen LogP contribution in [0.15, 0.2) is 51.8 Å². The zero-order valence-electron chi connectivity index (χ0n) is 14.8. The predicted octanol–water partition coefficient (Wildman–Crippen LogP) is 4.45. The topological polar surface area (TPSA) is 66.5 Å². The van der Waals surface area contributed by atoms with Crippen LogP contribution in [-0.2, 0) is 14.8 Å². The van der Waals surface area contributed by atoms with Gasteiger partial charge in [0, 0.05) is 34.2 Å². The molecule has 144 valence electrons. The van der Waals surface area contributed by atoms with Crippen LogP contribution < -0.4 is 5.32 Å². The van der Waals surface area contributed by atoms with E-state index in [2.05, 4.69) is 21.2 Å². The van der Waals surface area contributed by atoms with Crippen molar-refractivity contribution in [2.45, 2.75) is 24.7 Å². The standard InChI is InChI=1S/C19H20BrClN2O3S/c1-13-12-16(21)4-7-18(13)22-19(24)14-8-10-23(11-9-14)27(25,26)17-5-2-15(20)3-6-17/h2-7,12,14H,8-11H2,1H3,(H,22,24). The minimum atomic E-state index is -3.53. The Morgan fingerprint density at radius 1 is 1.15 bits per heavy atom. The van der Waals surface area contributed by atoms with E-state index in [0.29, 0.717) is 31.0 Å². The summed E-state index contributed by atoms with van der Waals surface area (Å²) in [6, 6.07) is 11.9. The van der Waals surface area contributed by atoms with Crippen molar-refractivity contribution in [3.05, 3.63) is 57.5 Å². The Balaban J connectivity index is 1.62. The number of aryl methyl sites for hydroxylation is 1. The summed E-state index contributed by atoms with van der Waals surface area (Å²) in [6.07, 6.45) is 0.989. The lowest BCUT2D eigenvalue weighted by Gasteiger charge is -2.30. The fourth-order valence-corrected chi connectivity index (χ4v) is 5.08. The number of hydrogen-bond acceptors (Lipinski definition) is 3. The van der Waals surface area contributed by atoms with Gasteiger partial charge in [0.2, 0.25) is 15.9 Å². The first-order valence-corrected chi connectivity index (χ1v) is 11.2. The van der Waals surface area contributed by atoms with E-state index in [1.54, 1.807) is 42.5 Å². The molecule has 1 heterocycles. The molecule has 3 rings (SSSR count). The summed E-state index contributed by atoms with van der Waals surface area (Å²) < 4.78 is 27.8. The molecule has 0 bridgehead atoms. The highest BCUT2D eigenvalue weighted by atomic mass is 79.9. The normalized spacial score (nSPS) is 16.3. The van der Waals surface area contributed by atoms with Crippen LogP contribution in [-0.4, -0.2) is 31.7 Å². The highest BCUT2D eigenvalue weighted by Gasteiger charge is 2.32. The van der Waals surface area contributed by atoms with Gasteiger partial charge in [0.25, 0.3) is 0 Å². The first-order chi connectivity index (χ1) is 12.8. The molecule has 1 aliphatic rings. The van der Waals surface area contributed by atoms with Gasteiger partial charge in [0.1, 0.15) is 0 Å². The maximum absolute atomic E-state index is 12.7. The van der Waals surface area contributed by atoms with Crippen LogP contribution in [0.2, 0.25) is 5.02 Å². The van der Waals surface area contributed by atoms with Crippen LogP contribution in [0.5, 0.6) is 0 Å². The Morgan fingerprint density at radius 2 is 1.78 bits per heavy atom. The number of rotatable bonds is 4. The van der Waals surface area contributed by atoms with Crippen molar-refractivity contribution in [3.63, 3.8) is 0 Å². The van der Waals surface area contributed by atoms with Gasteiger partial charge in [-0.25, -0.2) is 8.42 Å². The average Bonchev–Trinajstić information content (AvgIpc) is 2.64. The molecule has 2 aromatic carbocycles. The molecule has 0 saturated carbocycles. The molecule has 1 N–H and O–H groups in total. The molecule has 8 heteroatoms. The second-order valence-corrected chi connectivity index (χ2v) is 9.87. The number of hydrogen-bond donors (Lipinski definition) is 1. The van der Waals surface area contributed by atoms with Crippen molar-refractivity contribution in [2.75, 3.05) is 18.4 Å². The summed E-state index contributed by atoms with van der Waals surface area (Å²) in [4.78, 5) is 12.8. The van der Waals surface area contributed by atoms with Crippen molar-refractivity contribution in [1.82, 2.24) is 4.31 Å². The second-order valence-electron chi connectivity index (χ2n) is 6.58. The summed E-state index contributed by atoms with van der Waals surface area (Å²) in [6.45, 7) is 2.54. The number of nitrogens with zero attached hydrogens (tertiary/aromatic N) is 1. The van der Waals surface area contributed by atoms with Crippen LogP contribution in [0, 0.1) is 12.8 Å². The number of piperidine rings is 1. The first kappa shape index (κ1) is 20.3. The zero-order chi connectivity index (χ0) is 19.6. The Hall–Kier alpha value is -1.41. The van der Waals surface area contributed by atoms with Gasteiger partial charge in [-0.15, -0.1) is 0 Å². The molecule has 27 heavy (non-hydrogen) atoms. The molecule has 0 unspecified atom stereocenters. The summed E-state index contributed by atoms with van der Waals surface area (Å²) in [5.41, 5.74) is 1.63. The fourth-order valence-electron chi connectivity index (χ4n) is 3.12. The van der Waals surface area contributed by atoms with E-state index in [4.69, 9.17) is 11.6 Å². The summed E-state index contributed by atoms with van der Waals surface area (Å²) in [5, 5.41) is 3.55. The molecular formula is C19H20BrClN2O3S. The average molecular weight is 472 g/mol. The summed E-state index contributed by atoms with van der Waals surface area (Å²) in [7, 11) is -3.53. The van der Waals surface area contributed by atoms with Gasteiger partial charge in [-0.2, -0.15) is 4.31 Å². The van der Waals surface area contributed by atoms with Gasteiger partial charge < -0.3 is 5.32 Å². The molecule has 5 nitrogen and oxygen atoms in total. The molecule has 1 amide bonds. The number of amides is 1. The van der Waals surface area contributed by atoms with Gasteiger partial charge in [-0.3, -0.25) is 4.79 Å². The lowest BCUT2D eigenvalue weighted by Crippen LogP contribution is -2.41. The van der Waals surface area contributed by atoms with Crippen molar-refractivity contribution in [1.29, 1.82) is 0 Å². The van der Waals surface area contributed by atoms with Gasteiger partial charge in [0.15, 0.2) is 0 Å². The highest BCUT2D eigenvalue weighted by Crippen LogP contribution is 2.26. The minimum Gasteiger partial charge on any atom is -0.326 e. The quantitative estimate of drug-likeness (QED) is 0.716. The van der Waals surface area contributed by atoms with Crippen molar-refractivity contribution >= 4 is 49.1 Å². The lowest BCUT2D eigenvalue weighted by molar-refractivity contribution is -0.120. The molecule has 0 aromatic heterocycles. The van der Waals surface area contributed by atoms with E-state index >= 15 is 0 Å². The maximum atomic E-state index is 12.7. The first-order valence-electron chi connectivity index (χ1n) is 8.60. The van der Waals surface area contributed by atoms with Crippen LogP contribution in [0.1, 0.15) is 18.4 Å². The fraction of sp³-hybridized carbons (Fsp3) is 0.316. The van der Waals surface area contributed by atoms with Crippen LogP contribution in [0.4, 0.5) is 5.69 Å². The monoisotopic (exact) mass is 470 g/mol. The molecule has 1 aliphatic heterocycles. The third-order valence-corrected chi connectivity index (χ3v) is 7.40. The Labute approximate surface area is 172 Å². The summed E-state index contributed by atoms with van der Waals surface area (Å²) in [5.74, 6) is -0.294. The zero-order valence-corrected chi connectivity index (χ0v) is 17.9. The van der Waals surface area contributed by atoms with E-state index < -0.39 is 10.0 Å². The van der Waals surface area contributed by atoms with Crippen LogP contribution >= 0.6 is 27.5 Å². The largest absolute Gasteiger partial charge is 0.326 e. The molecular weight excluding hydrogens is 452 g/mol. The van der Waals surface area contributed by atoms with Gasteiger partial charge >= 0.3 is 0 Å². The van der Waals surface area contributed by atoms with Crippen LogP contribution in [0.3, 0.4) is 0 Å². The van der Waals surface area contributed by atoms with Crippen molar-refractivity contribution < 1.29 is 13.2 Å². The number of anilines is 1. The Kier molecular flexibility index (Phi) is 6.25. The third kappa shape index (κ3) is 4.71. The molecule has 1 fully saturated rings. The Morgan fingerprint density at radius 3 is 2.37 bits per heavy atom. The molecule has 0 aliphatic carbocycles. The molecule has 0 atom stereocenters. The SMILES string of the molecule is Cc1cc(Cl)ccc1NC(=O)C1CCN(S(=O)(=O)c2ccc(Br)cc2)CC1. The molecule has 0 radical (unpaired) electrons. The molecule has 0 spiro atoms. The van der Waals surface area contributed by atoms with Crippen LogP contribution in [0.25, 0.3) is 0 Å². The van der Waals surface area contributed by atoms with Crippen molar-refractivity contribution in [2.24, 2.45) is 5.92 Å². The third-order valence-electron chi connectivity index (χ3n) is 4.72. The number of carbonyl (C=O) groups excluding carboxylic acids is 1. The minimum absolute atomic E-state index is 0.0823. The second kappa shape index (κ2) is 8.31. The number of benzene rings is 2. The van der Waals surface area contributed by atoms with E-state index in [-0.39, 0.29) is 16.7 Å².